The Labute approximate surface area is 164 Å². The fourth-order valence-electron chi connectivity index (χ4n) is 2.97. The van der Waals surface area contributed by atoms with Crippen molar-refractivity contribution in [2.45, 2.75) is 12.4 Å². The molecule has 9 heteroatoms. The van der Waals surface area contributed by atoms with E-state index in [1.54, 1.807) is 11.4 Å². The van der Waals surface area contributed by atoms with Crippen LogP contribution in [0, 0.1) is 0 Å². The summed E-state index contributed by atoms with van der Waals surface area (Å²) >= 11 is 1.23. The van der Waals surface area contributed by atoms with Crippen molar-refractivity contribution in [3.8, 4) is 22.5 Å². The molecule has 2 nitrogen and oxygen atoms in total. The lowest BCUT2D eigenvalue weighted by Crippen LogP contribution is -2.05. The van der Waals surface area contributed by atoms with Crippen LogP contribution in [0.1, 0.15) is 11.1 Å². The van der Waals surface area contributed by atoms with Gasteiger partial charge >= 0.3 is 12.4 Å². The van der Waals surface area contributed by atoms with Crippen molar-refractivity contribution in [1.29, 1.82) is 0 Å². The largest absolute Gasteiger partial charge is 0.416 e. The van der Waals surface area contributed by atoms with Gasteiger partial charge in [0.05, 0.1) is 15.8 Å². The first-order chi connectivity index (χ1) is 13.6. The maximum atomic E-state index is 13.0. The molecule has 0 unspecified atom stereocenters. The molecular weight excluding hydrogens is 414 g/mol. The zero-order valence-electron chi connectivity index (χ0n) is 14.3. The minimum atomic E-state index is -4.50. The van der Waals surface area contributed by atoms with Gasteiger partial charge < -0.3 is 0 Å². The second-order valence-electron chi connectivity index (χ2n) is 6.22. The van der Waals surface area contributed by atoms with Gasteiger partial charge in [0.15, 0.2) is 0 Å². The highest BCUT2D eigenvalue weighted by molar-refractivity contribution is 7.17. The van der Waals surface area contributed by atoms with E-state index in [1.807, 2.05) is 0 Å². The first-order valence-corrected chi connectivity index (χ1v) is 9.12. The molecule has 2 aromatic carbocycles. The third kappa shape index (κ3) is 3.69. The number of benzene rings is 2. The van der Waals surface area contributed by atoms with E-state index >= 15 is 0 Å². The molecule has 0 aliphatic rings. The van der Waals surface area contributed by atoms with Gasteiger partial charge in [0.2, 0.25) is 0 Å². The normalized spacial score (nSPS) is 12.5. The van der Waals surface area contributed by atoms with Crippen LogP contribution in [0.3, 0.4) is 0 Å². The summed E-state index contributed by atoms with van der Waals surface area (Å²) in [5.41, 5.74) is -0.688. The Balaban J connectivity index is 1.86. The van der Waals surface area contributed by atoms with Gasteiger partial charge in [0.25, 0.3) is 0 Å². The van der Waals surface area contributed by atoms with Crippen LogP contribution in [-0.2, 0) is 12.4 Å². The summed E-state index contributed by atoms with van der Waals surface area (Å²) in [6.07, 6.45) is -9.01. The molecule has 0 atom stereocenters. The molecule has 2 aromatic heterocycles. The molecule has 0 aliphatic heterocycles. The number of hydrogen-bond acceptors (Lipinski definition) is 3. The van der Waals surface area contributed by atoms with Crippen LogP contribution >= 0.6 is 11.3 Å². The van der Waals surface area contributed by atoms with Crippen molar-refractivity contribution < 1.29 is 26.3 Å². The van der Waals surface area contributed by atoms with E-state index < -0.39 is 23.5 Å². The van der Waals surface area contributed by atoms with Gasteiger partial charge in [-0.3, -0.25) is 0 Å². The third-order valence-electron chi connectivity index (χ3n) is 4.31. The van der Waals surface area contributed by atoms with Crippen LogP contribution in [0.4, 0.5) is 26.3 Å². The van der Waals surface area contributed by atoms with Crippen molar-refractivity contribution in [3.63, 3.8) is 0 Å². The van der Waals surface area contributed by atoms with Crippen LogP contribution in [0.2, 0.25) is 0 Å². The van der Waals surface area contributed by atoms with Crippen LogP contribution in [0.5, 0.6) is 0 Å². The first-order valence-electron chi connectivity index (χ1n) is 8.24. The van der Waals surface area contributed by atoms with E-state index in [2.05, 4.69) is 10.2 Å². The molecule has 4 rings (SSSR count). The van der Waals surface area contributed by atoms with Gasteiger partial charge in [0.1, 0.15) is 11.4 Å². The molecule has 0 saturated heterocycles. The Morgan fingerprint density at radius 2 is 1.17 bits per heavy atom. The summed E-state index contributed by atoms with van der Waals surface area (Å²) in [4.78, 5) is 0. The fourth-order valence-corrected chi connectivity index (χ4v) is 3.87. The number of nitrogens with zero attached hydrogens (tertiary/aromatic N) is 2. The van der Waals surface area contributed by atoms with Gasteiger partial charge in [-0.1, -0.05) is 24.3 Å². The van der Waals surface area contributed by atoms with Gasteiger partial charge in [-0.05, 0) is 35.7 Å². The van der Waals surface area contributed by atoms with Crippen molar-refractivity contribution in [2.24, 2.45) is 0 Å². The Morgan fingerprint density at radius 1 is 0.655 bits per heavy atom. The van der Waals surface area contributed by atoms with E-state index in [4.69, 9.17) is 0 Å². The van der Waals surface area contributed by atoms with Crippen LogP contribution in [0.25, 0.3) is 32.6 Å². The number of alkyl halides is 6. The highest BCUT2D eigenvalue weighted by atomic mass is 32.1. The molecule has 0 N–H and O–H groups in total. The van der Waals surface area contributed by atoms with E-state index in [1.165, 1.54) is 35.6 Å². The Morgan fingerprint density at radius 3 is 1.72 bits per heavy atom. The van der Waals surface area contributed by atoms with Crippen molar-refractivity contribution >= 4 is 21.4 Å². The molecule has 0 spiro atoms. The number of halogens is 6. The summed E-state index contributed by atoms with van der Waals surface area (Å²) in [6, 6.07) is 11.1. The molecule has 0 saturated carbocycles. The highest BCUT2D eigenvalue weighted by Gasteiger charge is 2.32. The Bertz CT molecular complexity index is 1100. The number of fused-ring (bicyclic) bond motifs is 1. The SMILES string of the molecule is FC(F)(F)c1cccc(-c2nnc(-c3cccc(C(F)(F)F)c3)c3sccc23)c1. The predicted octanol–water partition coefficient (Wildman–Crippen LogP) is 7.06. The maximum Gasteiger partial charge on any atom is 0.416 e. The lowest BCUT2D eigenvalue weighted by atomic mass is 10.0. The van der Waals surface area contributed by atoms with Crippen molar-refractivity contribution in [3.05, 3.63) is 71.1 Å². The average Bonchev–Trinajstić information content (AvgIpc) is 3.16. The topological polar surface area (TPSA) is 25.8 Å². The second kappa shape index (κ2) is 6.84. The molecular formula is C20H10F6N2S. The third-order valence-corrected chi connectivity index (χ3v) is 5.23. The second-order valence-corrected chi connectivity index (χ2v) is 7.13. The molecule has 0 radical (unpaired) electrons. The molecule has 29 heavy (non-hydrogen) atoms. The van der Waals surface area contributed by atoms with Crippen LogP contribution in [0.15, 0.2) is 60.0 Å². The number of thiophene rings is 1. The number of hydrogen-bond donors (Lipinski definition) is 0. The molecule has 148 valence electrons. The monoisotopic (exact) mass is 424 g/mol. The molecule has 4 aromatic rings. The lowest BCUT2D eigenvalue weighted by molar-refractivity contribution is -0.138. The lowest BCUT2D eigenvalue weighted by Gasteiger charge is -2.11. The predicted molar refractivity (Wildman–Crippen MR) is 98.3 cm³/mol. The molecule has 0 fully saturated rings. The van der Waals surface area contributed by atoms with Crippen molar-refractivity contribution in [2.75, 3.05) is 0 Å². The van der Waals surface area contributed by atoms with Crippen LogP contribution in [-0.4, -0.2) is 10.2 Å². The van der Waals surface area contributed by atoms with Crippen LogP contribution < -0.4 is 0 Å². The average molecular weight is 424 g/mol. The van der Waals surface area contributed by atoms with E-state index in [-0.39, 0.29) is 22.5 Å². The van der Waals surface area contributed by atoms with Gasteiger partial charge in [-0.25, -0.2) is 0 Å². The van der Waals surface area contributed by atoms with Gasteiger partial charge in [-0.2, -0.15) is 26.3 Å². The Kier molecular flexibility index (Phi) is 4.57. The minimum absolute atomic E-state index is 0.228. The van der Waals surface area contributed by atoms with E-state index in [9.17, 15) is 26.3 Å². The zero-order chi connectivity index (χ0) is 20.8. The summed E-state index contributed by atoms with van der Waals surface area (Å²) in [6.45, 7) is 0. The highest BCUT2D eigenvalue weighted by Crippen LogP contribution is 2.39. The Hall–Kier alpha value is -2.94. The van der Waals surface area contributed by atoms with Gasteiger partial charge in [-0.15, -0.1) is 21.5 Å². The maximum absolute atomic E-state index is 13.0. The summed E-state index contributed by atoms with van der Waals surface area (Å²) < 4.78 is 78.7. The standard InChI is InChI=1S/C20H10F6N2S/c21-19(22,23)13-5-1-3-11(9-13)16-15-7-8-29-18(15)17(28-27-16)12-4-2-6-14(10-12)20(24,25)26/h1-10H. The number of rotatable bonds is 2. The molecule has 0 amide bonds. The van der Waals surface area contributed by atoms with Crippen molar-refractivity contribution in [1.82, 2.24) is 10.2 Å². The first kappa shape index (κ1) is 19.4. The molecule has 2 heterocycles. The zero-order valence-corrected chi connectivity index (χ0v) is 15.2. The molecule has 0 aliphatic carbocycles. The summed E-state index contributed by atoms with van der Waals surface area (Å²) in [7, 11) is 0. The van der Waals surface area contributed by atoms with Gasteiger partial charge in [0, 0.05) is 16.5 Å². The number of aromatic nitrogens is 2. The molecule has 0 bridgehead atoms. The van der Waals surface area contributed by atoms with E-state index in [0.29, 0.717) is 10.1 Å². The summed E-state index contributed by atoms with van der Waals surface area (Å²) in [5.74, 6) is 0. The van der Waals surface area contributed by atoms with E-state index in [0.717, 1.165) is 24.3 Å². The fraction of sp³-hybridized carbons (Fsp3) is 0.100. The smallest absolute Gasteiger partial charge is 0.166 e. The minimum Gasteiger partial charge on any atom is -0.166 e. The summed E-state index contributed by atoms with van der Waals surface area (Å²) in [5, 5.41) is 10.3. The quantitative estimate of drug-likeness (QED) is 0.322.